The molecule has 0 spiro atoms. The first-order valence-corrected chi connectivity index (χ1v) is 11.6. The second-order valence-electron chi connectivity index (χ2n) is 8.70. The summed E-state index contributed by atoms with van der Waals surface area (Å²) in [4.78, 5) is 29.6. The molecule has 168 valence electrons. The Bertz CT molecular complexity index is 1230. The summed E-state index contributed by atoms with van der Waals surface area (Å²) in [7, 11) is 1.78. The standard InChI is InChI=1S/C26H24BrN3O3/c1-26-15-22(21-14-19(27)11-12-23(21)33-26)28-25(32)30(26)20-10-6-9-18(13-20)24(31)29(2)16-17-7-4-3-5-8-17/h3-14,22H,15-16H2,1-2H3,(H,28,32)/t22-,26+/m0/s1. The van der Waals surface area contributed by atoms with E-state index >= 15 is 0 Å². The van der Waals surface area contributed by atoms with Crippen molar-refractivity contribution in [1.29, 1.82) is 0 Å². The lowest BCUT2D eigenvalue weighted by molar-refractivity contribution is 0.0378. The number of nitrogens with one attached hydrogen (secondary N) is 1. The molecular formula is C26H24BrN3O3. The highest BCUT2D eigenvalue weighted by Crippen LogP contribution is 2.46. The molecule has 0 saturated carbocycles. The summed E-state index contributed by atoms with van der Waals surface area (Å²) >= 11 is 3.50. The minimum absolute atomic E-state index is 0.110. The van der Waals surface area contributed by atoms with E-state index < -0.39 is 5.72 Å². The summed E-state index contributed by atoms with van der Waals surface area (Å²) in [6, 6.07) is 22.5. The molecule has 3 amide bonds. The molecule has 1 saturated heterocycles. The van der Waals surface area contributed by atoms with Crippen LogP contribution < -0.4 is 15.0 Å². The van der Waals surface area contributed by atoms with Crippen LogP contribution in [0.15, 0.2) is 77.3 Å². The normalized spacial score (nSPS) is 21.0. The fourth-order valence-corrected chi connectivity index (χ4v) is 5.04. The number of rotatable bonds is 4. The van der Waals surface area contributed by atoms with Crippen LogP contribution in [0.3, 0.4) is 0 Å². The molecule has 0 aromatic heterocycles. The highest BCUT2D eigenvalue weighted by Gasteiger charge is 2.50. The van der Waals surface area contributed by atoms with Crippen LogP contribution in [-0.2, 0) is 6.54 Å². The van der Waals surface area contributed by atoms with Crippen molar-refractivity contribution in [2.75, 3.05) is 11.9 Å². The molecule has 7 heteroatoms. The molecule has 2 aliphatic heterocycles. The zero-order valence-corrected chi connectivity index (χ0v) is 20.0. The van der Waals surface area contributed by atoms with Gasteiger partial charge in [-0.15, -0.1) is 0 Å². The summed E-state index contributed by atoms with van der Waals surface area (Å²) in [5, 5.41) is 3.10. The number of urea groups is 1. The second kappa shape index (κ2) is 8.23. The zero-order chi connectivity index (χ0) is 23.2. The van der Waals surface area contributed by atoms with Crippen molar-refractivity contribution in [2.24, 2.45) is 0 Å². The Morgan fingerprint density at radius 3 is 2.73 bits per heavy atom. The van der Waals surface area contributed by atoms with Gasteiger partial charge in [-0.25, -0.2) is 4.79 Å². The lowest BCUT2D eigenvalue weighted by Crippen LogP contribution is -2.65. The Hall–Kier alpha value is -3.32. The minimum atomic E-state index is -0.870. The van der Waals surface area contributed by atoms with Gasteiger partial charge < -0.3 is 15.0 Å². The number of anilines is 1. The van der Waals surface area contributed by atoms with E-state index in [1.54, 1.807) is 35.0 Å². The van der Waals surface area contributed by atoms with Crippen LogP contribution in [0.1, 0.15) is 40.9 Å². The van der Waals surface area contributed by atoms with E-state index in [0.29, 0.717) is 24.2 Å². The maximum absolute atomic E-state index is 13.2. The topological polar surface area (TPSA) is 61.9 Å². The first-order valence-electron chi connectivity index (χ1n) is 10.8. The third-order valence-electron chi connectivity index (χ3n) is 6.19. The van der Waals surface area contributed by atoms with Gasteiger partial charge in [-0.3, -0.25) is 9.69 Å². The number of nitrogens with zero attached hydrogens (tertiary/aromatic N) is 2. The zero-order valence-electron chi connectivity index (χ0n) is 18.4. The molecule has 6 nitrogen and oxygen atoms in total. The van der Waals surface area contributed by atoms with Gasteiger partial charge in [0.1, 0.15) is 5.75 Å². The summed E-state index contributed by atoms with van der Waals surface area (Å²) < 4.78 is 7.30. The van der Waals surface area contributed by atoms with Crippen molar-refractivity contribution in [3.8, 4) is 5.75 Å². The first-order chi connectivity index (χ1) is 15.8. The summed E-state index contributed by atoms with van der Waals surface area (Å²) in [6.45, 7) is 2.42. The fraction of sp³-hybridized carbons (Fsp3) is 0.231. The SMILES string of the molecule is CN(Cc1ccccc1)C(=O)c1cccc(N2C(=O)N[C@H]3C[C@@]2(C)Oc2ccc(Br)cc23)c1. The van der Waals surface area contributed by atoms with Gasteiger partial charge in [0.25, 0.3) is 5.91 Å². The minimum Gasteiger partial charge on any atom is -0.467 e. The Labute approximate surface area is 201 Å². The van der Waals surface area contributed by atoms with Crippen LogP contribution in [-0.4, -0.2) is 29.6 Å². The van der Waals surface area contributed by atoms with Gasteiger partial charge in [0, 0.05) is 35.6 Å². The van der Waals surface area contributed by atoms with Crippen LogP contribution in [0.5, 0.6) is 5.75 Å². The average Bonchev–Trinajstić information content (AvgIpc) is 2.79. The molecule has 3 aromatic rings. The van der Waals surface area contributed by atoms with Crippen LogP contribution in [0.2, 0.25) is 0 Å². The van der Waals surface area contributed by atoms with Crippen molar-refractivity contribution in [1.82, 2.24) is 10.2 Å². The number of benzene rings is 3. The van der Waals surface area contributed by atoms with Crippen molar-refractivity contribution in [3.63, 3.8) is 0 Å². The van der Waals surface area contributed by atoms with E-state index in [2.05, 4.69) is 21.2 Å². The van der Waals surface area contributed by atoms with Gasteiger partial charge in [0.2, 0.25) is 0 Å². The molecule has 2 aliphatic rings. The molecule has 0 radical (unpaired) electrons. The molecule has 2 atom stereocenters. The van der Waals surface area contributed by atoms with E-state index in [1.807, 2.05) is 61.5 Å². The monoisotopic (exact) mass is 505 g/mol. The van der Waals surface area contributed by atoms with Crippen molar-refractivity contribution in [2.45, 2.75) is 31.7 Å². The lowest BCUT2D eigenvalue weighted by Gasteiger charge is -2.50. The van der Waals surface area contributed by atoms with Gasteiger partial charge in [0.05, 0.1) is 11.7 Å². The number of amides is 3. The van der Waals surface area contributed by atoms with Crippen molar-refractivity contribution < 1.29 is 14.3 Å². The number of fused-ring (bicyclic) bond motifs is 4. The number of carbonyl (C=O) groups excluding carboxylic acids is 2. The lowest BCUT2D eigenvalue weighted by atomic mass is 9.90. The highest BCUT2D eigenvalue weighted by atomic mass is 79.9. The molecule has 1 N–H and O–H groups in total. The van der Waals surface area contributed by atoms with Gasteiger partial charge >= 0.3 is 6.03 Å². The number of hydrogen-bond donors (Lipinski definition) is 1. The Kier molecular flexibility index (Phi) is 5.37. The molecular weight excluding hydrogens is 482 g/mol. The smallest absolute Gasteiger partial charge is 0.325 e. The van der Waals surface area contributed by atoms with Crippen LogP contribution >= 0.6 is 15.9 Å². The number of carbonyl (C=O) groups is 2. The van der Waals surface area contributed by atoms with E-state index in [9.17, 15) is 9.59 Å². The van der Waals surface area contributed by atoms with Crippen molar-refractivity contribution >= 4 is 33.6 Å². The van der Waals surface area contributed by atoms with Crippen molar-refractivity contribution in [3.05, 3.63) is 94.0 Å². The second-order valence-corrected chi connectivity index (χ2v) is 9.61. The molecule has 0 unspecified atom stereocenters. The predicted octanol–water partition coefficient (Wildman–Crippen LogP) is 5.49. The van der Waals surface area contributed by atoms with E-state index in [-0.39, 0.29) is 18.0 Å². The van der Waals surface area contributed by atoms with Crippen LogP contribution in [0.25, 0.3) is 0 Å². The number of ether oxygens (including phenoxy) is 1. The van der Waals surface area contributed by atoms with E-state index in [0.717, 1.165) is 21.3 Å². The van der Waals surface area contributed by atoms with Gasteiger partial charge in [-0.1, -0.05) is 52.3 Å². The largest absolute Gasteiger partial charge is 0.467 e. The first kappa shape index (κ1) is 21.5. The molecule has 33 heavy (non-hydrogen) atoms. The Morgan fingerprint density at radius 2 is 1.94 bits per heavy atom. The van der Waals surface area contributed by atoms with Gasteiger partial charge in [0.15, 0.2) is 5.72 Å². The highest BCUT2D eigenvalue weighted by molar-refractivity contribution is 9.10. The van der Waals surface area contributed by atoms with Crippen LogP contribution in [0.4, 0.5) is 10.5 Å². The summed E-state index contributed by atoms with van der Waals surface area (Å²) in [5.41, 5.74) is 2.28. The Morgan fingerprint density at radius 1 is 1.15 bits per heavy atom. The molecule has 3 aromatic carbocycles. The molecule has 2 bridgehead atoms. The quantitative estimate of drug-likeness (QED) is 0.509. The number of halogens is 1. The van der Waals surface area contributed by atoms with Crippen LogP contribution in [0, 0.1) is 0 Å². The third-order valence-corrected chi connectivity index (χ3v) is 6.69. The molecule has 2 heterocycles. The van der Waals surface area contributed by atoms with E-state index in [4.69, 9.17) is 4.74 Å². The maximum atomic E-state index is 13.2. The predicted molar refractivity (Wildman–Crippen MR) is 130 cm³/mol. The summed E-state index contributed by atoms with van der Waals surface area (Å²) in [5.74, 6) is 0.637. The fourth-order valence-electron chi connectivity index (χ4n) is 4.66. The third kappa shape index (κ3) is 3.97. The number of hydrogen-bond acceptors (Lipinski definition) is 3. The Balaban J connectivity index is 1.43. The average molecular weight is 506 g/mol. The van der Waals surface area contributed by atoms with Gasteiger partial charge in [-0.2, -0.15) is 0 Å². The maximum Gasteiger partial charge on any atom is 0.325 e. The van der Waals surface area contributed by atoms with Gasteiger partial charge in [-0.05, 0) is 48.9 Å². The van der Waals surface area contributed by atoms with E-state index in [1.165, 1.54) is 0 Å². The molecule has 5 rings (SSSR count). The summed E-state index contributed by atoms with van der Waals surface area (Å²) in [6.07, 6.45) is 0.592. The molecule has 0 aliphatic carbocycles. The molecule has 1 fully saturated rings.